The summed E-state index contributed by atoms with van der Waals surface area (Å²) in [7, 11) is 0. The average molecular weight is 205 g/mol. The van der Waals surface area contributed by atoms with E-state index in [0.717, 1.165) is 24.8 Å². The normalized spacial score (nSPS) is 13.4. The molecule has 1 N–H and O–H groups in total. The van der Waals surface area contributed by atoms with Gasteiger partial charge in [0, 0.05) is 11.8 Å². The molecule has 0 unspecified atom stereocenters. The fourth-order valence-electron chi connectivity index (χ4n) is 1.74. The average Bonchev–Trinajstić information content (AvgIpc) is 2.62. The number of carbonyl (C=O) groups excluding carboxylic acids is 1. The van der Waals surface area contributed by atoms with E-state index < -0.39 is 0 Å². The molecular formula is C10H9N2OS. The molecule has 1 amide bonds. The van der Waals surface area contributed by atoms with Crippen LogP contribution in [0.1, 0.15) is 22.4 Å². The van der Waals surface area contributed by atoms with Crippen LogP contribution in [0.15, 0.2) is 0 Å². The van der Waals surface area contributed by atoms with Crippen LogP contribution < -0.4 is 5.32 Å². The summed E-state index contributed by atoms with van der Waals surface area (Å²) in [6, 6.07) is 2.15. The smallest absolute Gasteiger partial charge is 0.225 e. The summed E-state index contributed by atoms with van der Waals surface area (Å²) in [5, 5.41) is 12.2. The highest BCUT2D eigenvalue weighted by Crippen LogP contribution is 2.38. The monoisotopic (exact) mass is 205 g/mol. The largest absolute Gasteiger partial charge is 0.317 e. The van der Waals surface area contributed by atoms with E-state index >= 15 is 0 Å². The third-order valence-electron chi connectivity index (χ3n) is 2.29. The third-order valence-corrected chi connectivity index (χ3v) is 3.49. The molecule has 71 valence electrons. The maximum absolute atomic E-state index is 10.8. The molecular weight excluding hydrogens is 196 g/mol. The molecule has 0 fully saturated rings. The molecule has 3 nitrogen and oxygen atoms in total. The van der Waals surface area contributed by atoms with Gasteiger partial charge in [0.2, 0.25) is 5.91 Å². The highest BCUT2D eigenvalue weighted by molar-refractivity contribution is 7.16. The molecule has 4 heteroatoms. The summed E-state index contributed by atoms with van der Waals surface area (Å²) < 4.78 is 0. The van der Waals surface area contributed by atoms with Gasteiger partial charge in [0.25, 0.3) is 0 Å². The molecule has 1 radical (unpaired) electrons. The van der Waals surface area contributed by atoms with Crippen LogP contribution in [0, 0.1) is 18.3 Å². The Kier molecular flexibility index (Phi) is 2.26. The molecule has 1 heterocycles. The second-order valence-corrected chi connectivity index (χ2v) is 4.33. The lowest BCUT2D eigenvalue weighted by Gasteiger charge is -1.98. The van der Waals surface area contributed by atoms with Gasteiger partial charge in [-0.1, -0.05) is 0 Å². The van der Waals surface area contributed by atoms with Crippen molar-refractivity contribution in [2.45, 2.75) is 19.3 Å². The number of rotatable bonds is 1. The van der Waals surface area contributed by atoms with Gasteiger partial charge in [-0.05, 0) is 24.8 Å². The molecule has 0 saturated carbocycles. The summed E-state index contributed by atoms with van der Waals surface area (Å²) in [6.07, 6.45) is 3.11. The predicted octanol–water partition coefficient (Wildman–Crippen LogP) is 1.88. The van der Waals surface area contributed by atoms with E-state index in [0.29, 0.717) is 10.6 Å². The van der Waals surface area contributed by atoms with Crippen molar-refractivity contribution < 1.29 is 4.79 Å². The first-order valence-electron chi connectivity index (χ1n) is 4.40. The van der Waals surface area contributed by atoms with E-state index in [-0.39, 0.29) is 5.91 Å². The van der Waals surface area contributed by atoms with Gasteiger partial charge in [-0.15, -0.1) is 11.3 Å². The Balaban J connectivity index is 2.42. The number of nitriles is 1. The lowest BCUT2D eigenvalue weighted by Crippen LogP contribution is -2.05. The van der Waals surface area contributed by atoms with E-state index in [9.17, 15) is 4.79 Å². The fraction of sp³-hybridized carbons (Fsp3) is 0.300. The molecule has 1 aromatic rings. The van der Waals surface area contributed by atoms with Crippen LogP contribution in [0.5, 0.6) is 0 Å². The summed E-state index contributed by atoms with van der Waals surface area (Å²) >= 11 is 1.51. The van der Waals surface area contributed by atoms with Crippen LogP contribution in [0.3, 0.4) is 0 Å². The van der Waals surface area contributed by atoms with Gasteiger partial charge < -0.3 is 5.32 Å². The van der Waals surface area contributed by atoms with Crippen molar-refractivity contribution in [3.63, 3.8) is 0 Å². The van der Waals surface area contributed by atoms with Gasteiger partial charge in [-0.2, -0.15) is 5.26 Å². The zero-order valence-corrected chi connectivity index (χ0v) is 8.41. The molecule has 14 heavy (non-hydrogen) atoms. The molecule has 0 aromatic carbocycles. The predicted molar refractivity (Wildman–Crippen MR) is 55.0 cm³/mol. The number of nitrogens with one attached hydrogen (secondary N) is 1. The van der Waals surface area contributed by atoms with Gasteiger partial charge in [-0.25, -0.2) is 0 Å². The van der Waals surface area contributed by atoms with Gasteiger partial charge in [0.15, 0.2) is 0 Å². The van der Waals surface area contributed by atoms with Crippen molar-refractivity contribution in [3.8, 4) is 6.07 Å². The second kappa shape index (κ2) is 3.43. The van der Waals surface area contributed by atoms with E-state index in [1.54, 1.807) is 0 Å². The van der Waals surface area contributed by atoms with Gasteiger partial charge >= 0.3 is 0 Å². The zero-order chi connectivity index (χ0) is 10.1. The first-order valence-corrected chi connectivity index (χ1v) is 5.21. The molecule has 1 aliphatic rings. The highest BCUT2D eigenvalue weighted by atomic mass is 32.1. The number of fused-ring (bicyclic) bond motifs is 1. The minimum absolute atomic E-state index is 0.360. The number of nitrogens with zero attached hydrogens (tertiary/aromatic N) is 1. The Morgan fingerprint density at radius 1 is 1.57 bits per heavy atom. The number of amides is 1. The number of thiophene rings is 1. The summed E-state index contributed by atoms with van der Waals surface area (Å²) in [5.74, 6) is -0.360. The summed E-state index contributed by atoms with van der Waals surface area (Å²) in [6.45, 7) is 3.24. The standard InChI is InChI=1S/C10H9N2OS/c1-6(13)12-10-8(5-11)7-3-2-4-9(7)14-10/h1-4H2,(H,12,13). The fourth-order valence-corrected chi connectivity index (χ4v) is 2.99. The van der Waals surface area contributed by atoms with Crippen molar-refractivity contribution >= 4 is 22.2 Å². The molecule has 1 aliphatic carbocycles. The molecule has 0 atom stereocenters. The number of anilines is 1. The van der Waals surface area contributed by atoms with Crippen LogP contribution in [0.25, 0.3) is 0 Å². The molecule has 2 rings (SSSR count). The number of hydrogen-bond donors (Lipinski definition) is 1. The first-order chi connectivity index (χ1) is 6.72. The summed E-state index contributed by atoms with van der Waals surface area (Å²) in [4.78, 5) is 12.0. The SMILES string of the molecule is [CH2]C(=O)Nc1sc2c(c1C#N)CCC2. The molecule has 1 aromatic heterocycles. The lowest BCUT2D eigenvalue weighted by molar-refractivity contribution is -0.112. The van der Waals surface area contributed by atoms with Crippen LogP contribution in [-0.2, 0) is 17.6 Å². The van der Waals surface area contributed by atoms with Crippen molar-refractivity contribution in [1.82, 2.24) is 0 Å². The van der Waals surface area contributed by atoms with Gasteiger partial charge in [0.05, 0.1) is 5.56 Å². The summed E-state index contributed by atoms with van der Waals surface area (Å²) in [5.41, 5.74) is 1.76. The molecule has 0 spiro atoms. The Morgan fingerprint density at radius 2 is 2.36 bits per heavy atom. The quantitative estimate of drug-likeness (QED) is 0.761. The zero-order valence-electron chi connectivity index (χ0n) is 7.59. The van der Waals surface area contributed by atoms with Crippen LogP contribution >= 0.6 is 11.3 Å². The van der Waals surface area contributed by atoms with Gasteiger partial charge in [0.1, 0.15) is 11.1 Å². The second-order valence-electron chi connectivity index (χ2n) is 3.22. The van der Waals surface area contributed by atoms with Crippen LogP contribution in [0.4, 0.5) is 5.00 Å². The van der Waals surface area contributed by atoms with Crippen molar-refractivity contribution in [3.05, 3.63) is 22.9 Å². The topological polar surface area (TPSA) is 52.9 Å². The van der Waals surface area contributed by atoms with E-state index in [2.05, 4.69) is 18.3 Å². The maximum Gasteiger partial charge on any atom is 0.225 e. The lowest BCUT2D eigenvalue weighted by atomic mass is 10.1. The van der Waals surface area contributed by atoms with E-state index in [1.807, 2.05) is 0 Å². The van der Waals surface area contributed by atoms with Gasteiger partial charge in [-0.3, -0.25) is 4.79 Å². The highest BCUT2D eigenvalue weighted by Gasteiger charge is 2.22. The number of carbonyl (C=O) groups is 1. The Labute approximate surface area is 86.4 Å². The third kappa shape index (κ3) is 1.40. The number of aryl methyl sites for hydroxylation is 1. The Hall–Kier alpha value is -1.34. The van der Waals surface area contributed by atoms with Crippen molar-refractivity contribution in [2.75, 3.05) is 5.32 Å². The van der Waals surface area contributed by atoms with E-state index in [1.165, 1.54) is 16.2 Å². The Bertz CT molecular complexity index is 428. The molecule has 0 bridgehead atoms. The van der Waals surface area contributed by atoms with Crippen molar-refractivity contribution in [1.29, 1.82) is 5.26 Å². The minimum Gasteiger partial charge on any atom is -0.317 e. The molecule has 0 saturated heterocycles. The first kappa shape index (κ1) is 9.22. The van der Waals surface area contributed by atoms with Crippen LogP contribution in [0.2, 0.25) is 0 Å². The van der Waals surface area contributed by atoms with Crippen molar-refractivity contribution in [2.24, 2.45) is 0 Å². The number of hydrogen-bond acceptors (Lipinski definition) is 3. The Morgan fingerprint density at radius 3 is 3.00 bits per heavy atom. The maximum atomic E-state index is 10.8. The minimum atomic E-state index is -0.360. The van der Waals surface area contributed by atoms with E-state index in [4.69, 9.17) is 5.26 Å². The van der Waals surface area contributed by atoms with Crippen LogP contribution in [-0.4, -0.2) is 5.91 Å². The molecule has 0 aliphatic heterocycles.